The van der Waals surface area contributed by atoms with Crippen LogP contribution in [-0.2, 0) is 4.79 Å². The Balaban J connectivity index is 2.14. The zero-order valence-electron chi connectivity index (χ0n) is 15.7. The molecule has 1 unspecified atom stereocenters. The van der Waals surface area contributed by atoms with Crippen LogP contribution < -0.4 is 10.6 Å². The number of fused-ring (bicyclic) bond motifs is 1. The molecule has 0 spiro atoms. The minimum absolute atomic E-state index is 0.213. The average Bonchev–Trinajstić information content (AvgIpc) is 2.81. The standard InChI is InChI=1S/C18H23N3O5S/c1-18(2,3)21-14(22)11-6-5-10(9-12(11)15(21)23)19-17(26)20-13(16(24)25)7-8-27-4/h5-6,9,13H,7-8H2,1-4H3,(H,24,25)(H2,19,20,26). The van der Waals surface area contributed by atoms with Crippen molar-refractivity contribution in [2.45, 2.75) is 38.8 Å². The summed E-state index contributed by atoms with van der Waals surface area (Å²) in [5, 5.41) is 14.1. The summed E-state index contributed by atoms with van der Waals surface area (Å²) in [7, 11) is 0. The van der Waals surface area contributed by atoms with Crippen molar-refractivity contribution in [3.63, 3.8) is 0 Å². The van der Waals surface area contributed by atoms with Gasteiger partial charge in [0, 0.05) is 11.2 Å². The average molecular weight is 393 g/mol. The molecule has 0 aliphatic carbocycles. The maximum atomic E-state index is 12.6. The number of rotatable bonds is 6. The molecule has 1 heterocycles. The van der Waals surface area contributed by atoms with Gasteiger partial charge in [-0.05, 0) is 57.4 Å². The molecule has 1 aromatic rings. The Morgan fingerprint density at radius 2 is 1.81 bits per heavy atom. The number of imide groups is 1. The van der Waals surface area contributed by atoms with Crippen molar-refractivity contribution in [3.8, 4) is 0 Å². The number of carboxylic acid groups (broad SMARTS) is 1. The molecule has 1 aromatic carbocycles. The fourth-order valence-corrected chi connectivity index (χ4v) is 3.22. The summed E-state index contributed by atoms with van der Waals surface area (Å²) in [6.07, 6.45) is 2.14. The van der Waals surface area contributed by atoms with E-state index in [0.29, 0.717) is 17.9 Å². The molecule has 1 aliphatic rings. The molecule has 8 nitrogen and oxygen atoms in total. The van der Waals surface area contributed by atoms with Crippen LogP contribution in [0.3, 0.4) is 0 Å². The first kappa shape index (κ1) is 20.8. The Labute approximate surface area is 161 Å². The summed E-state index contributed by atoms with van der Waals surface area (Å²) in [4.78, 5) is 49.5. The molecular weight excluding hydrogens is 370 g/mol. The lowest BCUT2D eigenvalue weighted by atomic mass is 10.1. The molecule has 0 aromatic heterocycles. The van der Waals surface area contributed by atoms with Crippen molar-refractivity contribution in [2.24, 2.45) is 0 Å². The van der Waals surface area contributed by atoms with Crippen molar-refractivity contribution < 1.29 is 24.3 Å². The van der Waals surface area contributed by atoms with Gasteiger partial charge < -0.3 is 15.7 Å². The first-order valence-corrected chi connectivity index (χ1v) is 9.78. The number of hydrogen-bond donors (Lipinski definition) is 3. The number of carbonyl (C=O) groups is 4. The second-order valence-electron chi connectivity index (χ2n) is 7.15. The second kappa shape index (κ2) is 7.99. The quantitative estimate of drug-likeness (QED) is 0.639. The third-order valence-electron chi connectivity index (χ3n) is 4.03. The fourth-order valence-electron chi connectivity index (χ4n) is 2.75. The monoisotopic (exact) mass is 393 g/mol. The van der Waals surface area contributed by atoms with Gasteiger partial charge in [-0.25, -0.2) is 9.59 Å². The van der Waals surface area contributed by atoms with Gasteiger partial charge >= 0.3 is 12.0 Å². The lowest BCUT2D eigenvalue weighted by molar-refractivity contribution is -0.139. The fraction of sp³-hybridized carbons (Fsp3) is 0.444. The number of aliphatic carboxylic acids is 1. The molecule has 0 saturated carbocycles. The lowest BCUT2D eigenvalue weighted by Gasteiger charge is -2.29. The van der Waals surface area contributed by atoms with Gasteiger partial charge in [0.15, 0.2) is 0 Å². The summed E-state index contributed by atoms with van der Waals surface area (Å²) in [6, 6.07) is 2.73. The number of carboxylic acids is 1. The molecule has 9 heteroatoms. The van der Waals surface area contributed by atoms with E-state index in [1.165, 1.54) is 34.9 Å². The number of nitrogens with one attached hydrogen (secondary N) is 2. The number of carbonyl (C=O) groups excluding carboxylic acids is 3. The van der Waals surface area contributed by atoms with Crippen LogP contribution in [0.4, 0.5) is 10.5 Å². The normalized spacial score (nSPS) is 14.7. The first-order valence-electron chi connectivity index (χ1n) is 8.38. The zero-order valence-corrected chi connectivity index (χ0v) is 16.5. The summed E-state index contributed by atoms with van der Waals surface area (Å²) in [5.41, 5.74) is 0.135. The van der Waals surface area contributed by atoms with E-state index in [9.17, 15) is 24.3 Å². The predicted molar refractivity (Wildman–Crippen MR) is 103 cm³/mol. The van der Waals surface area contributed by atoms with Crippen LogP contribution in [0.25, 0.3) is 0 Å². The Morgan fingerprint density at radius 1 is 1.19 bits per heavy atom. The highest BCUT2D eigenvalue weighted by Gasteiger charge is 2.41. The highest BCUT2D eigenvalue weighted by Crippen LogP contribution is 2.30. The number of anilines is 1. The van der Waals surface area contributed by atoms with E-state index in [4.69, 9.17) is 0 Å². The topological polar surface area (TPSA) is 116 Å². The minimum atomic E-state index is -1.12. The molecule has 0 bridgehead atoms. The number of hydrogen-bond acceptors (Lipinski definition) is 5. The van der Waals surface area contributed by atoms with Crippen molar-refractivity contribution in [1.82, 2.24) is 10.2 Å². The minimum Gasteiger partial charge on any atom is -0.480 e. The maximum Gasteiger partial charge on any atom is 0.326 e. The molecule has 3 N–H and O–H groups in total. The maximum absolute atomic E-state index is 12.6. The number of benzene rings is 1. The molecule has 0 fully saturated rings. The van der Waals surface area contributed by atoms with E-state index in [2.05, 4.69) is 10.6 Å². The van der Waals surface area contributed by atoms with Gasteiger partial charge in [-0.3, -0.25) is 14.5 Å². The van der Waals surface area contributed by atoms with E-state index in [1.54, 1.807) is 20.8 Å². The molecule has 1 aliphatic heterocycles. The summed E-state index contributed by atoms with van der Waals surface area (Å²) in [6.45, 7) is 5.30. The van der Waals surface area contributed by atoms with Gasteiger partial charge in [-0.2, -0.15) is 11.8 Å². The summed E-state index contributed by atoms with van der Waals surface area (Å²) >= 11 is 1.49. The van der Waals surface area contributed by atoms with E-state index < -0.39 is 29.5 Å². The molecule has 0 saturated heterocycles. The van der Waals surface area contributed by atoms with Crippen LogP contribution in [-0.4, -0.2) is 57.4 Å². The van der Waals surface area contributed by atoms with Crippen molar-refractivity contribution in [2.75, 3.05) is 17.3 Å². The first-order chi connectivity index (χ1) is 12.6. The van der Waals surface area contributed by atoms with Gasteiger partial charge in [0.1, 0.15) is 6.04 Å². The van der Waals surface area contributed by atoms with Gasteiger partial charge in [0.2, 0.25) is 0 Å². The van der Waals surface area contributed by atoms with E-state index in [0.717, 1.165) is 0 Å². The highest BCUT2D eigenvalue weighted by atomic mass is 32.2. The Morgan fingerprint density at radius 3 is 2.37 bits per heavy atom. The summed E-state index contributed by atoms with van der Waals surface area (Å²) < 4.78 is 0. The second-order valence-corrected chi connectivity index (χ2v) is 8.13. The molecule has 27 heavy (non-hydrogen) atoms. The molecule has 146 valence electrons. The summed E-state index contributed by atoms with van der Waals surface area (Å²) in [5.74, 6) is -1.32. The number of thioether (sulfide) groups is 1. The zero-order chi connectivity index (χ0) is 20.4. The Kier molecular flexibility index (Phi) is 6.15. The van der Waals surface area contributed by atoms with Crippen molar-refractivity contribution in [3.05, 3.63) is 29.3 Å². The van der Waals surface area contributed by atoms with Gasteiger partial charge in [-0.15, -0.1) is 0 Å². The van der Waals surface area contributed by atoms with Crippen LogP contribution in [0.2, 0.25) is 0 Å². The van der Waals surface area contributed by atoms with Gasteiger partial charge in [0.25, 0.3) is 11.8 Å². The van der Waals surface area contributed by atoms with Crippen LogP contribution in [0, 0.1) is 0 Å². The largest absolute Gasteiger partial charge is 0.480 e. The number of nitrogens with zero attached hydrogens (tertiary/aromatic N) is 1. The Hall–Kier alpha value is -2.55. The van der Waals surface area contributed by atoms with Gasteiger partial charge in [-0.1, -0.05) is 0 Å². The number of amides is 4. The van der Waals surface area contributed by atoms with Crippen LogP contribution >= 0.6 is 11.8 Å². The third kappa shape index (κ3) is 4.60. The number of urea groups is 1. The molecule has 0 radical (unpaired) electrons. The van der Waals surface area contributed by atoms with Crippen LogP contribution in [0.5, 0.6) is 0 Å². The lowest BCUT2D eigenvalue weighted by Crippen LogP contribution is -2.45. The Bertz CT molecular complexity index is 788. The molecule has 2 rings (SSSR count). The van der Waals surface area contributed by atoms with Crippen molar-refractivity contribution >= 4 is 41.3 Å². The van der Waals surface area contributed by atoms with E-state index in [-0.39, 0.29) is 17.0 Å². The predicted octanol–water partition coefficient (Wildman–Crippen LogP) is 2.41. The third-order valence-corrected chi connectivity index (χ3v) is 4.67. The van der Waals surface area contributed by atoms with Crippen LogP contribution in [0.15, 0.2) is 18.2 Å². The molecule has 4 amide bonds. The SMILES string of the molecule is CSCCC(NC(=O)Nc1ccc2c(c1)C(=O)N(C(C)(C)C)C2=O)C(=O)O. The molecule has 1 atom stereocenters. The highest BCUT2D eigenvalue weighted by molar-refractivity contribution is 7.98. The van der Waals surface area contributed by atoms with E-state index >= 15 is 0 Å². The van der Waals surface area contributed by atoms with Crippen molar-refractivity contribution in [1.29, 1.82) is 0 Å². The van der Waals surface area contributed by atoms with E-state index in [1.807, 2.05) is 6.26 Å². The van der Waals surface area contributed by atoms with Crippen LogP contribution in [0.1, 0.15) is 47.9 Å². The van der Waals surface area contributed by atoms with Gasteiger partial charge in [0.05, 0.1) is 11.1 Å². The smallest absolute Gasteiger partial charge is 0.326 e. The molecular formula is C18H23N3O5S.